The summed E-state index contributed by atoms with van der Waals surface area (Å²) in [6.45, 7) is 0.822. The summed E-state index contributed by atoms with van der Waals surface area (Å²) in [5.74, 6) is 0. The van der Waals surface area contributed by atoms with Crippen molar-refractivity contribution in [3.63, 3.8) is 0 Å². The molecule has 74 valence electrons. The van der Waals surface area contributed by atoms with E-state index in [1.54, 1.807) is 17.5 Å². The zero-order valence-electron chi connectivity index (χ0n) is 7.97. The van der Waals surface area contributed by atoms with E-state index in [2.05, 4.69) is 4.98 Å². The fourth-order valence-electron chi connectivity index (χ4n) is 1.43. The molecule has 0 aliphatic carbocycles. The molecule has 2 heterocycles. The van der Waals surface area contributed by atoms with Crippen molar-refractivity contribution >= 4 is 27.2 Å². The predicted octanol–water partition coefficient (Wildman–Crippen LogP) is 1.72. The van der Waals surface area contributed by atoms with Crippen LogP contribution in [0.15, 0.2) is 23.7 Å². The first-order valence-corrected chi connectivity index (χ1v) is 5.35. The average Bonchev–Trinajstić information content (AvgIpc) is 2.65. The zero-order valence-corrected chi connectivity index (χ0v) is 8.79. The molecule has 0 atom stereocenters. The second kappa shape index (κ2) is 3.94. The highest BCUT2D eigenvalue weighted by atomic mass is 32.1. The van der Waals surface area contributed by atoms with Gasteiger partial charge in [-0.25, -0.2) is 0 Å². The van der Waals surface area contributed by atoms with Gasteiger partial charge in [0.1, 0.15) is 0 Å². The molecule has 3 nitrogen and oxygen atoms in total. The zero-order chi connectivity index (χ0) is 9.97. The molecule has 4 heteroatoms. The van der Waals surface area contributed by atoms with Crippen LogP contribution in [0, 0.1) is 0 Å². The SMILES string of the molecule is CN(CCO)c1ccnc2ccsc12. The van der Waals surface area contributed by atoms with Gasteiger partial charge in [-0.3, -0.25) is 4.98 Å². The molecule has 0 fully saturated rings. The van der Waals surface area contributed by atoms with E-state index in [0.29, 0.717) is 6.54 Å². The summed E-state index contributed by atoms with van der Waals surface area (Å²) in [5, 5.41) is 10.9. The molecule has 0 radical (unpaired) electrons. The highest BCUT2D eigenvalue weighted by Crippen LogP contribution is 2.28. The third kappa shape index (κ3) is 1.58. The first-order chi connectivity index (χ1) is 6.83. The molecule has 0 aliphatic heterocycles. The number of nitrogens with zero attached hydrogens (tertiary/aromatic N) is 2. The minimum Gasteiger partial charge on any atom is -0.395 e. The van der Waals surface area contributed by atoms with Crippen LogP contribution in [-0.4, -0.2) is 30.3 Å². The minimum atomic E-state index is 0.172. The van der Waals surface area contributed by atoms with E-state index in [-0.39, 0.29) is 6.61 Å². The van der Waals surface area contributed by atoms with E-state index >= 15 is 0 Å². The third-order valence-electron chi connectivity index (χ3n) is 2.17. The Kier molecular flexibility index (Phi) is 2.65. The quantitative estimate of drug-likeness (QED) is 0.834. The van der Waals surface area contributed by atoms with Gasteiger partial charge in [-0.1, -0.05) is 0 Å². The summed E-state index contributed by atoms with van der Waals surface area (Å²) in [5.41, 5.74) is 2.16. The Labute approximate surface area is 86.6 Å². The summed E-state index contributed by atoms with van der Waals surface area (Å²) >= 11 is 1.68. The van der Waals surface area contributed by atoms with Crippen molar-refractivity contribution in [3.8, 4) is 0 Å². The van der Waals surface area contributed by atoms with Crippen LogP contribution in [0.1, 0.15) is 0 Å². The number of aromatic nitrogens is 1. The molecule has 2 aromatic heterocycles. The maximum absolute atomic E-state index is 8.87. The minimum absolute atomic E-state index is 0.172. The second-order valence-corrected chi connectivity index (χ2v) is 4.03. The molecule has 0 saturated carbocycles. The van der Waals surface area contributed by atoms with Crippen molar-refractivity contribution in [2.45, 2.75) is 0 Å². The van der Waals surface area contributed by atoms with Crippen molar-refractivity contribution in [1.82, 2.24) is 4.98 Å². The topological polar surface area (TPSA) is 36.4 Å². The van der Waals surface area contributed by atoms with E-state index < -0.39 is 0 Å². The Bertz CT molecular complexity index is 427. The number of thiophene rings is 1. The van der Waals surface area contributed by atoms with Crippen LogP contribution in [0.2, 0.25) is 0 Å². The molecule has 0 spiro atoms. The van der Waals surface area contributed by atoms with Crippen LogP contribution in [0.5, 0.6) is 0 Å². The van der Waals surface area contributed by atoms with Gasteiger partial charge >= 0.3 is 0 Å². The van der Waals surface area contributed by atoms with E-state index in [1.165, 1.54) is 4.70 Å². The Morgan fingerprint density at radius 3 is 3.14 bits per heavy atom. The van der Waals surface area contributed by atoms with Crippen LogP contribution in [0.4, 0.5) is 5.69 Å². The van der Waals surface area contributed by atoms with Gasteiger partial charge < -0.3 is 10.0 Å². The predicted molar refractivity (Wildman–Crippen MR) is 60.0 cm³/mol. The fourth-order valence-corrected chi connectivity index (χ4v) is 2.35. The molecule has 0 aliphatic rings. The first kappa shape index (κ1) is 9.43. The van der Waals surface area contributed by atoms with Crippen LogP contribution >= 0.6 is 11.3 Å². The smallest absolute Gasteiger partial charge is 0.0830 e. The number of hydrogen-bond donors (Lipinski definition) is 1. The van der Waals surface area contributed by atoms with Gasteiger partial charge in [-0.2, -0.15) is 0 Å². The van der Waals surface area contributed by atoms with Crippen LogP contribution < -0.4 is 4.90 Å². The number of fused-ring (bicyclic) bond motifs is 1. The molecule has 0 saturated heterocycles. The molecule has 2 rings (SSSR count). The van der Waals surface area contributed by atoms with E-state index in [4.69, 9.17) is 5.11 Å². The summed E-state index contributed by atoms with van der Waals surface area (Å²) in [6, 6.07) is 3.99. The number of anilines is 1. The lowest BCUT2D eigenvalue weighted by atomic mass is 10.3. The summed E-state index contributed by atoms with van der Waals surface area (Å²) in [4.78, 5) is 6.31. The number of rotatable bonds is 3. The Morgan fingerprint density at radius 2 is 2.36 bits per heavy atom. The maximum atomic E-state index is 8.87. The Morgan fingerprint density at radius 1 is 1.50 bits per heavy atom. The highest BCUT2D eigenvalue weighted by Gasteiger charge is 2.06. The number of hydrogen-bond acceptors (Lipinski definition) is 4. The molecule has 0 bridgehead atoms. The molecule has 14 heavy (non-hydrogen) atoms. The number of aliphatic hydroxyl groups is 1. The summed E-state index contributed by atoms with van der Waals surface area (Å²) in [6.07, 6.45) is 1.80. The standard InChI is InChI=1S/C10H12N2OS/c1-12(5-6-13)9-2-4-11-8-3-7-14-10(8)9/h2-4,7,13H,5-6H2,1H3. The summed E-state index contributed by atoms with van der Waals surface area (Å²) < 4.78 is 1.18. The molecule has 1 N–H and O–H groups in total. The first-order valence-electron chi connectivity index (χ1n) is 4.47. The van der Waals surface area contributed by atoms with Crippen LogP contribution in [-0.2, 0) is 0 Å². The van der Waals surface area contributed by atoms with Gasteiger partial charge in [0.05, 0.1) is 22.5 Å². The fraction of sp³-hybridized carbons (Fsp3) is 0.300. The number of pyridine rings is 1. The lowest BCUT2D eigenvalue weighted by Crippen LogP contribution is -2.21. The second-order valence-electron chi connectivity index (χ2n) is 3.11. The lowest BCUT2D eigenvalue weighted by Gasteiger charge is -2.18. The van der Waals surface area contributed by atoms with Crippen molar-refractivity contribution in [1.29, 1.82) is 0 Å². The Hall–Kier alpha value is -1.13. The van der Waals surface area contributed by atoms with Gasteiger partial charge in [0, 0.05) is 19.8 Å². The van der Waals surface area contributed by atoms with Crippen LogP contribution in [0.3, 0.4) is 0 Å². The molecular weight excluding hydrogens is 196 g/mol. The Balaban J connectivity index is 2.45. The molecule has 0 unspecified atom stereocenters. The normalized spacial score (nSPS) is 10.7. The highest BCUT2D eigenvalue weighted by molar-refractivity contribution is 7.17. The van der Waals surface area contributed by atoms with Crippen molar-refractivity contribution in [3.05, 3.63) is 23.7 Å². The third-order valence-corrected chi connectivity index (χ3v) is 3.10. The largest absolute Gasteiger partial charge is 0.395 e. The number of likely N-dealkylation sites (N-methyl/N-ethyl adjacent to an activating group) is 1. The average molecular weight is 208 g/mol. The lowest BCUT2D eigenvalue weighted by molar-refractivity contribution is 0.304. The van der Waals surface area contributed by atoms with Gasteiger partial charge in [0.15, 0.2) is 0 Å². The number of aliphatic hydroxyl groups excluding tert-OH is 1. The van der Waals surface area contributed by atoms with Crippen molar-refractivity contribution in [2.75, 3.05) is 25.1 Å². The maximum Gasteiger partial charge on any atom is 0.0830 e. The van der Waals surface area contributed by atoms with E-state index in [0.717, 1.165) is 11.2 Å². The summed E-state index contributed by atoms with van der Waals surface area (Å²) in [7, 11) is 1.98. The van der Waals surface area contributed by atoms with Gasteiger partial charge in [0.25, 0.3) is 0 Å². The van der Waals surface area contributed by atoms with E-state index in [1.807, 2.05) is 29.5 Å². The molecule has 0 amide bonds. The van der Waals surface area contributed by atoms with Gasteiger partial charge in [-0.05, 0) is 17.5 Å². The van der Waals surface area contributed by atoms with Gasteiger partial charge in [0.2, 0.25) is 0 Å². The van der Waals surface area contributed by atoms with Crippen LogP contribution in [0.25, 0.3) is 10.2 Å². The van der Waals surface area contributed by atoms with E-state index in [9.17, 15) is 0 Å². The molecular formula is C10H12N2OS. The van der Waals surface area contributed by atoms with Gasteiger partial charge in [-0.15, -0.1) is 11.3 Å². The monoisotopic (exact) mass is 208 g/mol. The molecule has 2 aromatic rings. The van der Waals surface area contributed by atoms with Crippen molar-refractivity contribution in [2.24, 2.45) is 0 Å². The van der Waals surface area contributed by atoms with Crippen molar-refractivity contribution < 1.29 is 5.11 Å². The molecule has 0 aromatic carbocycles.